The maximum absolute atomic E-state index is 13.1. The highest BCUT2D eigenvalue weighted by atomic mass is 35.5. The lowest BCUT2D eigenvalue weighted by molar-refractivity contribution is -0.123. The zero-order valence-electron chi connectivity index (χ0n) is 24.8. The molecular formula is C32H34ClN5O5S2. The monoisotopic (exact) mass is 667 g/mol. The van der Waals surface area contributed by atoms with Crippen molar-refractivity contribution in [2.24, 2.45) is 0 Å². The number of nitrogens with zero attached hydrogens (tertiary/aromatic N) is 3. The molecule has 0 bridgehead atoms. The smallest absolute Gasteiger partial charge is 0.341 e. The summed E-state index contributed by atoms with van der Waals surface area (Å²) in [5, 5.41) is 16.1. The largest absolute Gasteiger partial charge is 0.484 e. The van der Waals surface area contributed by atoms with Crippen LogP contribution in [0.5, 0.6) is 5.75 Å². The molecule has 13 heteroatoms. The molecule has 0 saturated carbocycles. The van der Waals surface area contributed by atoms with Gasteiger partial charge in [0.25, 0.3) is 5.91 Å². The van der Waals surface area contributed by atoms with Gasteiger partial charge >= 0.3 is 5.97 Å². The Morgan fingerprint density at radius 1 is 1.02 bits per heavy atom. The lowest BCUT2D eigenvalue weighted by Crippen LogP contribution is -2.29. The summed E-state index contributed by atoms with van der Waals surface area (Å²) in [5.74, 6) is 0.197. The first-order valence-corrected chi connectivity index (χ1v) is 16.9. The third-order valence-electron chi connectivity index (χ3n) is 7.12. The van der Waals surface area contributed by atoms with Crippen molar-refractivity contribution >= 4 is 57.5 Å². The van der Waals surface area contributed by atoms with E-state index in [9.17, 15) is 14.4 Å². The van der Waals surface area contributed by atoms with E-state index in [0.717, 1.165) is 41.7 Å². The average Bonchev–Trinajstić information content (AvgIpc) is 3.62. The molecule has 5 rings (SSSR count). The molecular weight excluding hydrogens is 634 g/mol. The van der Waals surface area contributed by atoms with Gasteiger partial charge < -0.3 is 24.7 Å². The van der Waals surface area contributed by atoms with Crippen LogP contribution in [0.2, 0.25) is 5.02 Å². The van der Waals surface area contributed by atoms with E-state index in [1.165, 1.54) is 23.1 Å². The molecule has 0 unspecified atom stereocenters. The fraction of sp³-hybridized carbons (Fsp3) is 0.344. The molecule has 0 spiro atoms. The number of hydrogen-bond donors (Lipinski definition) is 2. The Morgan fingerprint density at radius 3 is 2.58 bits per heavy atom. The molecule has 10 nitrogen and oxygen atoms in total. The van der Waals surface area contributed by atoms with Crippen molar-refractivity contribution in [2.45, 2.75) is 57.3 Å². The molecule has 2 aromatic heterocycles. The van der Waals surface area contributed by atoms with Gasteiger partial charge in [-0.1, -0.05) is 53.7 Å². The summed E-state index contributed by atoms with van der Waals surface area (Å²) >= 11 is 8.62. The normalized spacial score (nSPS) is 12.3. The second kappa shape index (κ2) is 15.9. The summed E-state index contributed by atoms with van der Waals surface area (Å²) in [6.45, 7) is 2.57. The van der Waals surface area contributed by atoms with Crippen LogP contribution >= 0.6 is 34.7 Å². The van der Waals surface area contributed by atoms with Gasteiger partial charge in [-0.2, -0.15) is 0 Å². The number of thioether (sulfide) groups is 1. The third kappa shape index (κ3) is 8.86. The number of anilines is 1. The number of nitrogens with one attached hydrogen (secondary N) is 2. The minimum Gasteiger partial charge on any atom is -0.484 e. The molecule has 0 saturated heterocycles. The number of amides is 2. The minimum atomic E-state index is -0.397. The number of thiophene rings is 1. The van der Waals surface area contributed by atoms with Gasteiger partial charge in [0.1, 0.15) is 10.8 Å². The first-order valence-electron chi connectivity index (χ1n) is 14.8. The summed E-state index contributed by atoms with van der Waals surface area (Å²) in [7, 11) is 0. The molecule has 0 aliphatic heterocycles. The molecule has 236 valence electrons. The van der Waals surface area contributed by atoms with Crippen LogP contribution in [-0.4, -0.2) is 51.5 Å². The molecule has 2 amide bonds. The second-order valence-corrected chi connectivity index (χ2v) is 12.8. The number of carbonyl (C=O) groups is 3. The summed E-state index contributed by atoms with van der Waals surface area (Å²) in [4.78, 5) is 39.6. The van der Waals surface area contributed by atoms with E-state index in [2.05, 4.69) is 20.8 Å². The van der Waals surface area contributed by atoms with E-state index < -0.39 is 5.97 Å². The molecule has 1 aliphatic rings. The molecule has 2 heterocycles. The summed E-state index contributed by atoms with van der Waals surface area (Å²) in [5.41, 5.74) is 2.62. The fourth-order valence-electron chi connectivity index (χ4n) is 4.94. The van der Waals surface area contributed by atoms with Gasteiger partial charge in [-0.3, -0.25) is 9.59 Å². The van der Waals surface area contributed by atoms with Crippen LogP contribution in [0.25, 0.3) is 0 Å². The topological polar surface area (TPSA) is 124 Å². The molecule has 2 N–H and O–H groups in total. The van der Waals surface area contributed by atoms with Gasteiger partial charge in [0.2, 0.25) is 5.91 Å². The van der Waals surface area contributed by atoms with Crippen molar-refractivity contribution in [1.82, 2.24) is 20.1 Å². The maximum Gasteiger partial charge on any atom is 0.341 e. The number of halogens is 1. The average molecular weight is 668 g/mol. The maximum atomic E-state index is 13.1. The first kappa shape index (κ1) is 32.5. The molecule has 4 aromatic rings. The van der Waals surface area contributed by atoms with Gasteiger partial charge in [-0.05, 0) is 74.4 Å². The number of esters is 1. The van der Waals surface area contributed by atoms with E-state index in [-0.39, 0.29) is 37.3 Å². The van der Waals surface area contributed by atoms with Crippen LogP contribution in [0.15, 0.2) is 59.8 Å². The van der Waals surface area contributed by atoms with Crippen LogP contribution in [0.4, 0.5) is 5.00 Å². The number of fused-ring (bicyclic) bond motifs is 1. The molecule has 0 radical (unpaired) electrons. The number of ether oxygens (including phenoxy) is 2. The van der Waals surface area contributed by atoms with Crippen molar-refractivity contribution in [3.8, 4) is 5.75 Å². The predicted molar refractivity (Wildman–Crippen MR) is 175 cm³/mol. The molecule has 45 heavy (non-hydrogen) atoms. The Morgan fingerprint density at radius 2 is 1.80 bits per heavy atom. The number of rotatable bonds is 14. The van der Waals surface area contributed by atoms with Crippen molar-refractivity contribution in [3.63, 3.8) is 0 Å². The summed E-state index contributed by atoms with van der Waals surface area (Å²) in [6, 6.07) is 16.8. The van der Waals surface area contributed by atoms with Gasteiger partial charge in [-0.15, -0.1) is 21.5 Å². The Hall–Kier alpha value is -3.87. The van der Waals surface area contributed by atoms with Gasteiger partial charge in [0.05, 0.1) is 24.5 Å². The third-order valence-corrected chi connectivity index (χ3v) is 9.55. The Bertz CT molecular complexity index is 1620. The van der Waals surface area contributed by atoms with Crippen LogP contribution in [0.3, 0.4) is 0 Å². The molecule has 1 aliphatic carbocycles. The van der Waals surface area contributed by atoms with Gasteiger partial charge in [0.15, 0.2) is 17.6 Å². The second-order valence-electron chi connectivity index (χ2n) is 10.3. The fourth-order valence-corrected chi connectivity index (χ4v) is 7.14. The Kier molecular flexibility index (Phi) is 11.5. The van der Waals surface area contributed by atoms with Crippen LogP contribution < -0.4 is 15.4 Å². The zero-order valence-corrected chi connectivity index (χ0v) is 27.2. The van der Waals surface area contributed by atoms with Crippen LogP contribution in [0, 0.1) is 0 Å². The van der Waals surface area contributed by atoms with E-state index >= 15 is 0 Å². The standard InChI is InChI=1S/C32H34ClN5O5S2/c1-2-42-31(41)29-24-10-6-7-11-25(24)45-30(29)35-28(40)20-44-32-37-36-26(38(32)17-16-21-8-4-3-5-9-21)18-34-27(39)19-43-23-14-12-22(33)13-15-23/h3-5,8-9,12-15H,2,6-7,10-11,16-20H2,1H3,(H,34,39)(H,35,40). The van der Waals surface area contributed by atoms with Crippen molar-refractivity contribution in [3.05, 3.63) is 87.0 Å². The zero-order chi connectivity index (χ0) is 31.6. The number of aromatic nitrogens is 3. The van der Waals surface area contributed by atoms with Gasteiger partial charge in [0, 0.05) is 16.4 Å². The van der Waals surface area contributed by atoms with Crippen LogP contribution in [-0.2, 0) is 46.7 Å². The Labute approximate surface area is 274 Å². The number of hydrogen-bond acceptors (Lipinski definition) is 9. The molecule has 2 aromatic carbocycles. The van der Waals surface area contributed by atoms with Crippen molar-refractivity contribution < 1.29 is 23.9 Å². The van der Waals surface area contributed by atoms with E-state index in [0.29, 0.717) is 45.3 Å². The quantitative estimate of drug-likeness (QED) is 0.129. The minimum absolute atomic E-state index is 0.0651. The summed E-state index contributed by atoms with van der Waals surface area (Å²) < 4.78 is 12.8. The van der Waals surface area contributed by atoms with Crippen LogP contribution in [0.1, 0.15) is 52.0 Å². The number of aryl methyl sites for hydroxylation is 2. The SMILES string of the molecule is CCOC(=O)c1c(NC(=O)CSc2nnc(CNC(=O)COc3ccc(Cl)cc3)n2CCc2ccccc2)sc2c1CCCC2. The lowest BCUT2D eigenvalue weighted by atomic mass is 9.95. The number of benzene rings is 2. The Balaban J connectivity index is 1.23. The van der Waals surface area contributed by atoms with Crippen molar-refractivity contribution in [1.29, 1.82) is 0 Å². The highest BCUT2D eigenvalue weighted by Crippen LogP contribution is 2.38. The van der Waals surface area contributed by atoms with Gasteiger partial charge in [-0.25, -0.2) is 4.79 Å². The first-order chi connectivity index (χ1) is 21.9. The lowest BCUT2D eigenvalue weighted by Gasteiger charge is -2.12. The van der Waals surface area contributed by atoms with Crippen molar-refractivity contribution in [2.75, 3.05) is 24.3 Å². The van der Waals surface area contributed by atoms with E-state index in [1.807, 2.05) is 34.9 Å². The highest BCUT2D eigenvalue weighted by molar-refractivity contribution is 7.99. The summed E-state index contributed by atoms with van der Waals surface area (Å²) in [6.07, 6.45) is 4.49. The van der Waals surface area contributed by atoms with E-state index in [4.69, 9.17) is 21.1 Å². The number of carbonyl (C=O) groups excluding carboxylic acids is 3. The van der Waals surface area contributed by atoms with E-state index in [1.54, 1.807) is 31.2 Å². The molecule has 0 atom stereocenters. The highest BCUT2D eigenvalue weighted by Gasteiger charge is 2.27. The predicted octanol–water partition coefficient (Wildman–Crippen LogP) is 5.72. The molecule has 0 fully saturated rings.